The van der Waals surface area contributed by atoms with E-state index in [9.17, 15) is 9.59 Å². The van der Waals surface area contributed by atoms with E-state index in [0.29, 0.717) is 32.5 Å². The van der Waals surface area contributed by atoms with Crippen LogP contribution in [0.2, 0.25) is 0 Å². The first-order chi connectivity index (χ1) is 9.65. The van der Waals surface area contributed by atoms with Crippen LogP contribution in [0.3, 0.4) is 0 Å². The second kappa shape index (κ2) is 7.04. The number of aliphatic hydroxyl groups is 1. The second-order valence-corrected chi connectivity index (χ2v) is 5.72. The molecule has 0 aromatic heterocycles. The Kier molecular flexibility index (Phi) is 5.37. The van der Waals surface area contributed by atoms with Crippen molar-refractivity contribution >= 4 is 11.8 Å². The highest BCUT2D eigenvalue weighted by Gasteiger charge is 2.36. The predicted octanol–water partition coefficient (Wildman–Crippen LogP) is -0.241. The van der Waals surface area contributed by atoms with Crippen molar-refractivity contribution in [1.82, 2.24) is 10.2 Å². The molecule has 6 heteroatoms. The molecule has 1 heterocycles. The Balaban J connectivity index is 1.74. The average molecular weight is 284 g/mol. The van der Waals surface area contributed by atoms with E-state index >= 15 is 0 Å². The number of likely N-dealkylation sites (tertiary alicyclic amines) is 1. The van der Waals surface area contributed by atoms with Crippen molar-refractivity contribution < 1.29 is 19.4 Å². The largest absolute Gasteiger partial charge is 0.394 e. The monoisotopic (exact) mass is 284 g/mol. The van der Waals surface area contributed by atoms with E-state index in [2.05, 4.69) is 5.32 Å². The van der Waals surface area contributed by atoms with E-state index in [1.165, 1.54) is 7.11 Å². The van der Waals surface area contributed by atoms with Crippen molar-refractivity contribution in [1.29, 1.82) is 0 Å². The number of hydrogen-bond donors (Lipinski definition) is 2. The summed E-state index contributed by atoms with van der Waals surface area (Å²) in [6.45, 7) is 1.52. The molecule has 2 aliphatic rings. The van der Waals surface area contributed by atoms with E-state index in [1.807, 2.05) is 4.90 Å². The zero-order chi connectivity index (χ0) is 14.5. The molecule has 2 N–H and O–H groups in total. The molecule has 114 valence electrons. The number of carbonyl (C=O) groups is 2. The number of nitrogens with zero attached hydrogens (tertiary/aromatic N) is 1. The van der Waals surface area contributed by atoms with Gasteiger partial charge in [0, 0.05) is 32.0 Å². The number of hydrogen-bond acceptors (Lipinski definition) is 4. The fourth-order valence-electron chi connectivity index (χ4n) is 2.61. The lowest BCUT2D eigenvalue weighted by atomic mass is 9.95. The van der Waals surface area contributed by atoms with Crippen LogP contribution in [-0.4, -0.2) is 61.3 Å². The van der Waals surface area contributed by atoms with Gasteiger partial charge in [-0.05, 0) is 25.7 Å². The van der Waals surface area contributed by atoms with Gasteiger partial charge in [-0.1, -0.05) is 0 Å². The Bertz CT molecular complexity index is 349. The van der Waals surface area contributed by atoms with Gasteiger partial charge in [0.05, 0.1) is 19.3 Å². The summed E-state index contributed by atoms with van der Waals surface area (Å²) in [4.78, 5) is 25.9. The van der Waals surface area contributed by atoms with Crippen LogP contribution < -0.4 is 5.32 Å². The van der Waals surface area contributed by atoms with Crippen LogP contribution in [-0.2, 0) is 14.3 Å². The first kappa shape index (κ1) is 15.3. The molecule has 1 saturated carbocycles. The van der Waals surface area contributed by atoms with Gasteiger partial charge in [-0.2, -0.15) is 0 Å². The van der Waals surface area contributed by atoms with Crippen LogP contribution in [0.25, 0.3) is 0 Å². The minimum absolute atomic E-state index is 0.0420. The third-order valence-electron chi connectivity index (χ3n) is 4.04. The summed E-state index contributed by atoms with van der Waals surface area (Å²) in [7, 11) is 1.54. The van der Waals surface area contributed by atoms with Crippen LogP contribution in [0.5, 0.6) is 0 Å². The van der Waals surface area contributed by atoms with Crippen molar-refractivity contribution in [2.75, 3.05) is 33.4 Å². The van der Waals surface area contributed by atoms with Gasteiger partial charge in [0.2, 0.25) is 11.8 Å². The molecule has 2 rings (SSSR count). The Morgan fingerprint density at radius 1 is 1.25 bits per heavy atom. The first-order valence-electron chi connectivity index (χ1n) is 7.34. The van der Waals surface area contributed by atoms with Crippen LogP contribution in [0.4, 0.5) is 0 Å². The summed E-state index contributed by atoms with van der Waals surface area (Å²) in [5.74, 6) is 0.404. The van der Waals surface area contributed by atoms with Gasteiger partial charge in [0.1, 0.15) is 0 Å². The number of ether oxygens (including phenoxy) is 1. The molecule has 2 amide bonds. The number of rotatable bonds is 6. The van der Waals surface area contributed by atoms with Crippen molar-refractivity contribution in [3.63, 3.8) is 0 Å². The number of amides is 2. The smallest absolute Gasteiger partial charge is 0.225 e. The molecule has 1 saturated heterocycles. The van der Waals surface area contributed by atoms with Crippen LogP contribution >= 0.6 is 0 Å². The van der Waals surface area contributed by atoms with Crippen molar-refractivity contribution in [3.05, 3.63) is 0 Å². The molecule has 1 aliphatic heterocycles. The van der Waals surface area contributed by atoms with Gasteiger partial charge in [-0.3, -0.25) is 9.59 Å². The van der Waals surface area contributed by atoms with Gasteiger partial charge >= 0.3 is 0 Å². The Morgan fingerprint density at radius 3 is 2.40 bits per heavy atom. The molecular formula is C14H24N2O4. The number of methoxy groups -OCH3 is 1. The topological polar surface area (TPSA) is 78.9 Å². The third kappa shape index (κ3) is 3.93. The number of nitrogens with one attached hydrogen (secondary N) is 1. The maximum absolute atomic E-state index is 12.1. The van der Waals surface area contributed by atoms with Gasteiger partial charge in [0.15, 0.2) is 0 Å². The van der Waals surface area contributed by atoms with Crippen molar-refractivity contribution in [3.8, 4) is 0 Å². The van der Waals surface area contributed by atoms with Crippen LogP contribution in [0, 0.1) is 11.8 Å². The number of carbonyl (C=O) groups excluding carboxylic acids is 2. The summed E-state index contributed by atoms with van der Waals surface area (Å²) in [5.41, 5.74) is 0. The molecule has 0 radical (unpaired) electrons. The van der Waals surface area contributed by atoms with Crippen LogP contribution in [0.1, 0.15) is 25.7 Å². The molecule has 6 nitrogen and oxygen atoms in total. The van der Waals surface area contributed by atoms with E-state index < -0.39 is 0 Å². The molecule has 0 aromatic rings. The lowest BCUT2D eigenvalue weighted by Crippen LogP contribution is -2.47. The van der Waals surface area contributed by atoms with E-state index in [0.717, 1.165) is 12.8 Å². The maximum Gasteiger partial charge on any atom is 0.225 e. The fourth-order valence-corrected chi connectivity index (χ4v) is 2.61. The molecule has 1 atom stereocenters. The Labute approximate surface area is 119 Å². The fraction of sp³-hybridized carbons (Fsp3) is 0.857. The average Bonchev–Trinajstić information content (AvgIpc) is 3.30. The molecule has 0 spiro atoms. The minimum atomic E-state index is -0.348. The van der Waals surface area contributed by atoms with Crippen molar-refractivity contribution in [2.24, 2.45) is 11.8 Å². The highest BCUT2D eigenvalue weighted by Crippen LogP contribution is 2.32. The van der Waals surface area contributed by atoms with Gasteiger partial charge in [-0.25, -0.2) is 0 Å². The highest BCUT2D eigenvalue weighted by atomic mass is 16.5. The van der Waals surface area contributed by atoms with Gasteiger partial charge in [-0.15, -0.1) is 0 Å². The van der Waals surface area contributed by atoms with E-state index in [-0.39, 0.29) is 36.3 Å². The lowest BCUT2D eigenvalue weighted by molar-refractivity contribution is -0.137. The molecule has 1 unspecified atom stereocenters. The minimum Gasteiger partial charge on any atom is -0.394 e. The predicted molar refractivity (Wildman–Crippen MR) is 72.9 cm³/mol. The summed E-state index contributed by atoms with van der Waals surface area (Å²) in [6, 6.07) is -0.348. The quantitative estimate of drug-likeness (QED) is 0.705. The van der Waals surface area contributed by atoms with E-state index in [4.69, 9.17) is 9.84 Å². The number of piperidine rings is 1. The molecule has 0 bridgehead atoms. The first-order valence-corrected chi connectivity index (χ1v) is 7.34. The lowest BCUT2D eigenvalue weighted by Gasteiger charge is -2.32. The van der Waals surface area contributed by atoms with Crippen molar-refractivity contribution in [2.45, 2.75) is 31.7 Å². The molecular weight excluding hydrogens is 260 g/mol. The van der Waals surface area contributed by atoms with Gasteiger partial charge < -0.3 is 20.1 Å². The zero-order valence-electron chi connectivity index (χ0n) is 12.0. The summed E-state index contributed by atoms with van der Waals surface area (Å²) in [5, 5.41) is 11.9. The molecule has 2 fully saturated rings. The van der Waals surface area contributed by atoms with Crippen LogP contribution in [0.15, 0.2) is 0 Å². The number of aliphatic hydroxyl groups excluding tert-OH is 1. The maximum atomic E-state index is 12.1. The van der Waals surface area contributed by atoms with Gasteiger partial charge in [0.25, 0.3) is 0 Å². The summed E-state index contributed by atoms with van der Waals surface area (Å²) < 4.78 is 4.94. The summed E-state index contributed by atoms with van der Waals surface area (Å²) >= 11 is 0. The molecule has 20 heavy (non-hydrogen) atoms. The summed E-state index contributed by atoms with van der Waals surface area (Å²) in [6.07, 6.45) is 3.45. The normalized spacial score (nSPS) is 21.6. The highest BCUT2D eigenvalue weighted by molar-refractivity contribution is 5.82. The Hall–Kier alpha value is -1.14. The second-order valence-electron chi connectivity index (χ2n) is 5.72. The molecule has 1 aliphatic carbocycles. The SMILES string of the molecule is COCC(CO)NC(=O)C1CCN(C(=O)C2CC2)CC1. The molecule has 0 aromatic carbocycles. The standard InChI is InChI=1S/C14H24N2O4/c1-20-9-12(8-17)15-13(18)10-4-6-16(7-5-10)14(19)11-2-3-11/h10-12,17H,2-9H2,1H3,(H,15,18). The Morgan fingerprint density at radius 2 is 1.90 bits per heavy atom. The zero-order valence-corrected chi connectivity index (χ0v) is 12.0. The third-order valence-corrected chi connectivity index (χ3v) is 4.04. The van der Waals surface area contributed by atoms with E-state index in [1.54, 1.807) is 0 Å².